The first-order valence-electron chi connectivity index (χ1n) is 5.54. The van der Waals surface area contributed by atoms with Crippen molar-refractivity contribution >= 4 is 29.4 Å². The van der Waals surface area contributed by atoms with Gasteiger partial charge in [0.1, 0.15) is 5.71 Å². The van der Waals surface area contributed by atoms with Crippen LogP contribution in [0.1, 0.15) is 11.1 Å². The summed E-state index contributed by atoms with van der Waals surface area (Å²) in [7, 11) is 0. The molecular weight excluding hydrogens is 264 g/mol. The predicted molar refractivity (Wildman–Crippen MR) is 75.0 cm³/mol. The fourth-order valence-corrected chi connectivity index (χ4v) is 1.94. The zero-order chi connectivity index (χ0) is 13.7. The molecule has 0 spiro atoms. The van der Waals surface area contributed by atoms with E-state index in [1.54, 1.807) is 30.3 Å². The number of nitrogens with one attached hydrogen (secondary N) is 1. The first kappa shape index (κ1) is 13.1. The molecule has 4 nitrogen and oxygen atoms in total. The Morgan fingerprint density at radius 3 is 2.58 bits per heavy atom. The van der Waals surface area contributed by atoms with Crippen LogP contribution in [0.3, 0.4) is 0 Å². The lowest BCUT2D eigenvalue weighted by Crippen LogP contribution is -2.08. The summed E-state index contributed by atoms with van der Waals surface area (Å²) in [5.41, 5.74) is 2.14. The molecule has 96 valence electrons. The van der Waals surface area contributed by atoms with Gasteiger partial charge in [-0.3, -0.25) is 4.79 Å². The Bertz CT molecular complexity index is 612. The van der Waals surface area contributed by atoms with E-state index in [1.165, 1.54) is 0 Å². The Balaban J connectivity index is 2.55. The van der Waals surface area contributed by atoms with Gasteiger partial charge in [0.05, 0.1) is 5.69 Å². The summed E-state index contributed by atoms with van der Waals surface area (Å²) in [5.74, 6) is 0. The summed E-state index contributed by atoms with van der Waals surface area (Å²) in [5, 5.41) is 15.6. The van der Waals surface area contributed by atoms with Crippen molar-refractivity contribution in [3.8, 4) is 0 Å². The van der Waals surface area contributed by atoms with Gasteiger partial charge < -0.3 is 10.5 Å². The molecule has 0 aromatic heterocycles. The minimum absolute atomic E-state index is 0.340. The number of hydrogen-bond donors (Lipinski definition) is 2. The second-order valence-electron chi connectivity index (χ2n) is 3.77. The van der Waals surface area contributed by atoms with Gasteiger partial charge in [0, 0.05) is 16.1 Å². The number of carbonyl (C=O) groups is 1. The highest BCUT2D eigenvalue weighted by Crippen LogP contribution is 2.23. The molecule has 2 N–H and O–H groups in total. The standard InChI is InChI=1S/C14H11ClN2O2/c15-11-6-7-13(16-9-18)12(8-11)14(17-19)10-4-2-1-3-5-10/h1-9,19H,(H,16,18)/b17-14+. The summed E-state index contributed by atoms with van der Waals surface area (Å²) in [6, 6.07) is 14.1. The summed E-state index contributed by atoms with van der Waals surface area (Å²) in [4.78, 5) is 10.6. The van der Waals surface area contributed by atoms with Gasteiger partial charge in [-0.1, -0.05) is 47.1 Å². The highest BCUT2D eigenvalue weighted by molar-refractivity contribution is 6.31. The number of nitrogens with zero attached hydrogens (tertiary/aromatic N) is 1. The van der Waals surface area contributed by atoms with Crippen molar-refractivity contribution in [3.63, 3.8) is 0 Å². The van der Waals surface area contributed by atoms with Crippen molar-refractivity contribution in [2.75, 3.05) is 5.32 Å². The normalized spacial score (nSPS) is 11.1. The van der Waals surface area contributed by atoms with E-state index in [1.807, 2.05) is 18.2 Å². The lowest BCUT2D eigenvalue weighted by atomic mass is 10.0. The van der Waals surface area contributed by atoms with Crippen molar-refractivity contribution in [1.29, 1.82) is 0 Å². The van der Waals surface area contributed by atoms with Gasteiger partial charge in [0.2, 0.25) is 6.41 Å². The molecule has 5 heteroatoms. The first-order valence-corrected chi connectivity index (χ1v) is 5.91. The van der Waals surface area contributed by atoms with Crippen LogP contribution >= 0.6 is 11.6 Å². The Labute approximate surface area is 115 Å². The molecule has 0 saturated heterocycles. The number of oxime groups is 1. The number of amides is 1. The third-order valence-electron chi connectivity index (χ3n) is 2.60. The SMILES string of the molecule is O=CNc1ccc(Cl)cc1/C(=N/O)c1ccccc1. The van der Waals surface area contributed by atoms with Crippen molar-refractivity contribution in [2.45, 2.75) is 0 Å². The van der Waals surface area contributed by atoms with Crippen LogP contribution < -0.4 is 5.32 Å². The van der Waals surface area contributed by atoms with Crippen LogP contribution in [-0.2, 0) is 4.79 Å². The second kappa shape index (κ2) is 6.02. The van der Waals surface area contributed by atoms with Crippen LogP contribution in [0.25, 0.3) is 0 Å². The van der Waals surface area contributed by atoms with Gasteiger partial charge >= 0.3 is 0 Å². The van der Waals surface area contributed by atoms with Gasteiger partial charge in [-0.15, -0.1) is 0 Å². The Kier molecular flexibility index (Phi) is 4.15. The number of anilines is 1. The van der Waals surface area contributed by atoms with E-state index < -0.39 is 0 Å². The van der Waals surface area contributed by atoms with Crippen molar-refractivity contribution in [2.24, 2.45) is 5.16 Å². The molecule has 2 aromatic carbocycles. The number of rotatable bonds is 4. The lowest BCUT2D eigenvalue weighted by molar-refractivity contribution is -0.105. The van der Waals surface area contributed by atoms with E-state index in [9.17, 15) is 10.0 Å². The third kappa shape index (κ3) is 2.92. The highest BCUT2D eigenvalue weighted by Gasteiger charge is 2.12. The van der Waals surface area contributed by atoms with E-state index in [-0.39, 0.29) is 0 Å². The fourth-order valence-electron chi connectivity index (χ4n) is 1.76. The van der Waals surface area contributed by atoms with Crippen LogP contribution in [0.5, 0.6) is 0 Å². The van der Waals surface area contributed by atoms with Gasteiger partial charge in [0.15, 0.2) is 0 Å². The molecule has 0 saturated carbocycles. The summed E-state index contributed by atoms with van der Waals surface area (Å²) in [6.45, 7) is 0. The van der Waals surface area contributed by atoms with Crippen LogP contribution in [0.4, 0.5) is 5.69 Å². The van der Waals surface area contributed by atoms with Gasteiger partial charge in [-0.2, -0.15) is 0 Å². The molecule has 0 bridgehead atoms. The molecular formula is C14H11ClN2O2. The first-order chi connectivity index (χ1) is 9.26. The minimum Gasteiger partial charge on any atom is -0.410 e. The summed E-state index contributed by atoms with van der Waals surface area (Å²) in [6.07, 6.45) is 0.562. The monoisotopic (exact) mass is 274 g/mol. The average Bonchev–Trinajstić information content (AvgIpc) is 2.44. The molecule has 2 aromatic rings. The summed E-state index contributed by atoms with van der Waals surface area (Å²) >= 11 is 5.95. The molecule has 0 aliphatic heterocycles. The molecule has 1 amide bonds. The molecule has 0 unspecified atom stereocenters. The van der Waals surface area contributed by atoms with Crippen LogP contribution in [0, 0.1) is 0 Å². The van der Waals surface area contributed by atoms with E-state index in [0.717, 1.165) is 5.56 Å². The molecule has 0 fully saturated rings. The van der Waals surface area contributed by atoms with Gasteiger partial charge in [-0.25, -0.2) is 0 Å². The van der Waals surface area contributed by atoms with E-state index in [0.29, 0.717) is 28.4 Å². The Hall–Kier alpha value is -2.33. The van der Waals surface area contributed by atoms with E-state index in [4.69, 9.17) is 11.6 Å². The average molecular weight is 275 g/mol. The highest BCUT2D eigenvalue weighted by atomic mass is 35.5. The quantitative estimate of drug-likeness (QED) is 0.389. The maximum absolute atomic E-state index is 10.6. The number of benzene rings is 2. The van der Waals surface area contributed by atoms with Crippen molar-refractivity contribution < 1.29 is 10.0 Å². The van der Waals surface area contributed by atoms with Crippen LogP contribution in [0.15, 0.2) is 53.7 Å². The van der Waals surface area contributed by atoms with Gasteiger partial charge in [0.25, 0.3) is 0 Å². The molecule has 2 rings (SSSR count). The Morgan fingerprint density at radius 1 is 1.21 bits per heavy atom. The Morgan fingerprint density at radius 2 is 1.95 bits per heavy atom. The van der Waals surface area contributed by atoms with Crippen LogP contribution in [0.2, 0.25) is 5.02 Å². The smallest absolute Gasteiger partial charge is 0.211 e. The largest absolute Gasteiger partial charge is 0.410 e. The number of hydrogen-bond acceptors (Lipinski definition) is 3. The molecule has 0 aliphatic rings. The van der Waals surface area contributed by atoms with E-state index in [2.05, 4.69) is 10.5 Å². The molecule has 0 radical (unpaired) electrons. The number of halogens is 1. The topological polar surface area (TPSA) is 61.7 Å². The van der Waals surface area contributed by atoms with Crippen molar-refractivity contribution in [3.05, 3.63) is 64.7 Å². The third-order valence-corrected chi connectivity index (χ3v) is 2.83. The minimum atomic E-state index is 0.340. The molecule has 0 heterocycles. The maximum atomic E-state index is 10.6. The zero-order valence-electron chi connectivity index (χ0n) is 9.88. The van der Waals surface area contributed by atoms with Crippen LogP contribution in [-0.4, -0.2) is 17.3 Å². The fraction of sp³-hybridized carbons (Fsp3) is 0. The zero-order valence-corrected chi connectivity index (χ0v) is 10.6. The predicted octanol–water partition coefficient (Wildman–Crippen LogP) is 3.13. The van der Waals surface area contributed by atoms with E-state index >= 15 is 0 Å². The molecule has 0 atom stereocenters. The molecule has 19 heavy (non-hydrogen) atoms. The molecule has 0 aliphatic carbocycles. The lowest BCUT2D eigenvalue weighted by Gasteiger charge is -2.10. The number of carbonyl (C=O) groups excluding carboxylic acids is 1. The second-order valence-corrected chi connectivity index (χ2v) is 4.20. The summed E-state index contributed by atoms with van der Waals surface area (Å²) < 4.78 is 0. The van der Waals surface area contributed by atoms with Crippen molar-refractivity contribution in [1.82, 2.24) is 0 Å². The van der Waals surface area contributed by atoms with Gasteiger partial charge in [-0.05, 0) is 18.2 Å². The maximum Gasteiger partial charge on any atom is 0.211 e.